The fraction of sp³-hybridized carbons (Fsp3) is 0.500. The van der Waals surface area contributed by atoms with Crippen molar-refractivity contribution in [3.8, 4) is 6.07 Å². The van der Waals surface area contributed by atoms with E-state index in [0.717, 1.165) is 31.4 Å². The maximum atomic E-state index is 12.6. The number of carbonyl (C=O) groups excluding carboxylic acids is 1. The quantitative estimate of drug-likeness (QED) is 0.913. The van der Waals surface area contributed by atoms with Crippen LogP contribution < -0.4 is 0 Å². The summed E-state index contributed by atoms with van der Waals surface area (Å²) in [6.45, 7) is 0.870. The first-order chi connectivity index (χ1) is 9.76. The molecule has 2 rings (SSSR count). The first-order valence-corrected chi connectivity index (χ1v) is 7.14. The van der Waals surface area contributed by atoms with Crippen LogP contribution in [-0.2, 0) is 6.42 Å². The Morgan fingerprint density at radius 3 is 3.05 bits per heavy atom. The second-order valence-corrected chi connectivity index (χ2v) is 5.20. The van der Waals surface area contributed by atoms with E-state index in [9.17, 15) is 4.79 Å². The Kier molecular flexibility index (Phi) is 5.14. The molecule has 0 aliphatic carbocycles. The Balaban J connectivity index is 2.16. The summed E-state index contributed by atoms with van der Waals surface area (Å²) >= 11 is 0. The van der Waals surface area contributed by atoms with E-state index in [1.807, 2.05) is 17.0 Å². The van der Waals surface area contributed by atoms with E-state index in [1.54, 1.807) is 12.1 Å². The third-order valence-corrected chi connectivity index (χ3v) is 3.81. The molecule has 1 aromatic rings. The van der Waals surface area contributed by atoms with Crippen molar-refractivity contribution < 1.29 is 9.90 Å². The zero-order valence-electron chi connectivity index (χ0n) is 11.6. The number of rotatable bonds is 4. The second kappa shape index (κ2) is 7.06. The number of aliphatic hydroxyl groups is 1. The number of hydrogen-bond donors (Lipinski definition) is 1. The van der Waals surface area contributed by atoms with E-state index in [1.165, 1.54) is 0 Å². The molecule has 106 valence electrons. The highest BCUT2D eigenvalue weighted by atomic mass is 16.3. The smallest absolute Gasteiger partial charge is 0.254 e. The van der Waals surface area contributed by atoms with Crippen LogP contribution in [0.3, 0.4) is 0 Å². The fourth-order valence-corrected chi connectivity index (χ4v) is 2.79. The normalized spacial score (nSPS) is 18.6. The third kappa shape index (κ3) is 3.37. The first-order valence-electron chi connectivity index (χ1n) is 7.14. The van der Waals surface area contributed by atoms with Gasteiger partial charge in [0.25, 0.3) is 5.91 Å². The molecule has 4 nitrogen and oxygen atoms in total. The topological polar surface area (TPSA) is 64.3 Å². The zero-order chi connectivity index (χ0) is 14.4. The molecule has 0 saturated carbocycles. The van der Waals surface area contributed by atoms with E-state index in [2.05, 4.69) is 6.07 Å². The van der Waals surface area contributed by atoms with Gasteiger partial charge in [0.15, 0.2) is 0 Å². The summed E-state index contributed by atoms with van der Waals surface area (Å²) in [4.78, 5) is 14.5. The fourth-order valence-electron chi connectivity index (χ4n) is 2.79. The SMILES string of the molecule is N#CCc1cccc(C(=O)N2CCCCC2CCO)c1. The van der Waals surface area contributed by atoms with E-state index in [4.69, 9.17) is 10.4 Å². The van der Waals surface area contributed by atoms with E-state index in [0.29, 0.717) is 18.4 Å². The van der Waals surface area contributed by atoms with Gasteiger partial charge < -0.3 is 10.0 Å². The molecule has 1 amide bonds. The molecular formula is C16H20N2O2. The Bertz CT molecular complexity index is 505. The predicted molar refractivity (Wildman–Crippen MR) is 76.1 cm³/mol. The van der Waals surface area contributed by atoms with Crippen LogP contribution >= 0.6 is 0 Å². The molecule has 0 aromatic heterocycles. The number of likely N-dealkylation sites (tertiary alicyclic amines) is 1. The highest BCUT2D eigenvalue weighted by Gasteiger charge is 2.26. The van der Waals surface area contributed by atoms with Gasteiger partial charge in [-0.05, 0) is 43.4 Å². The van der Waals surface area contributed by atoms with Gasteiger partial charge >= 0.3 is 0 Å². The Morgan fingerprint density at radius 1 is 1.45 bits per heavy atom. The number of amides is 1. The number of benzene rings is 1. The molecule has 0 spiro atoms. The van der Waals surface area contributed by atoms with Crippen LogP contribution in [0.2, 0.25) is 0 Å². The molecule has 0 radical (unpaired) electrons. The summed E-state index contributed by atoms with van der Waals surface area (Å²) < 4.78 is 0. The number of hydrogen-bond acceptors (Lipinski definition) is 3. The molecule has 1 aliphatic heterocycles. The monoisotopic (exact) mass is 272 g/mol. The molecule has 1 N–H and O–H groups in total. The van der Waals surface area contributed by atoms with Crippen molar-refractivity contribution in [1.29, 1.82) is 5.26 Å². The first kappa shape index (κ1) is 14.5. The Morgan fingerprint density at radius 2 is 2.30 bits per heavy atom. The molecule has 1 saturated heterocycles. The average Bonchev–Trinajstić information content (AvgIpc) is 2.48. The zero-order valence-corrected chi connectivity index (χ0v) is 11.6. The van der Waals surface area contributed by atoms with E-state index < -0.39 is 0 Å². The van der Waals surface area contributed by atoms with Crippen LogP contribution in [0.4, 0.5) is 0 Å². The Hall–Kier alpha value is -1.86. The average molecular weight is 272 g/mol. The molecule has 1 heterocycles. The largest absolute Gasteiger partial charge is 0.396 e. The molecular weight excluding hydrogens is 252 g/mol. The summed E-state index contributed by atoms with van der Waals surface area (Å²) in [5.74, 6) is 0.0166. The van der Waals surface area contributed by atoms with Gasteiger partial charge in [0, 0.05) is 24.8 Å². The van der Waals surface area contributed by atoms with Gasteiger partial charge in [0.05, 0.1) is 12.5 Å². The molecule has 20 heavy (non-hydrogen) atoms. The van der Waals surface area contributed by atoms with Crippen LogP contribution in [0.1, 0.15) is 41.6 Å². The summed E-state index contributed by atoms with van der Waals surface area (Å²) in [6.07, 6.45) is 4.06. The lowest BCUT2D eigenvalue weighted by atomic mass is 9.98. The molecule has 1 unspecified atom stereocenters. The lowest BCUT2D eigenvalue weighted by molar-refractivity contribution is 0.0574. The molecule has 1 aromatic carbocycles. The van der Waals surface area contributed by atoms with Gasteiger partial charge in [-0.2, -0.15) is 5.26 Å². The minimum atomic E-state index is 0.0166. The van der Waals surface area contributed by atoms with Crippen LogP contribution in [0, 0.1) is 11.3 Å². The number of aliphatic hydroxyl groups excluding tert-OH is 1. The van der Waals surface area contributed by atoms with E-state index >= 15 is 0 Å². The highest BCUT2D eigenvalue weighted by Crippen LogP contribution is 2.22. The van der Waals surface area contributed by atoms with Crippen molar-refractivity contribution >= 4 is 5.91 Å². The number of nitrogens with zero attached hydrogens (tertiary/aromatic N) is 2. The predicted octanol–water partition coefficient (Wildman–Crippen LogP) is 2.13. The van der Waals surface area contributed by atoms with Gasteiger partial charge in [0.2, 0.25) is 0 Å². The molecule has 1 aliphatic rings. The van der Waals surface area contributed by atoms with Crippen molar-refractivity contribution in [2.24, 2.45) is 0 Å². The van der Waals surface area contributed by atoms with Gasteiger partial charge in [-0.1, -0.05) is 12.1 Å². The summed E-state index contributed by atoms with van der Waals surface area (Å²) in [7, 11) is 0. The molecule has 4 heteroatoms. The van der Waals surface area contributed by atoms with Crippen molar-refractivity contribution in [2.75, 3.05) is 13.2 Å². The van der Waals surface area contributed by atoms with Crippen molar-refractivity contribution in [2.45, 2.75) is 38.1 Å². The van der Waals surface area contributed by atoms with Gasteiger partial charge in [-0.25, -0.2) is 0 Å². The van der Waals surface area contributed by atoms with Gasteiger partial charge in [-0.3, -0.25) is 4.79 Å². The van der Waals surface area contributed by atoms with Crippen LogP contribution in [-0.4, -0.2) is 35.1 Å². The number of piperidine rings is 1. The minimum absolute atomic E-state index is 0.0166. The van der Waals surface area contributed by atoms with Crippen molar-refractivity contribution in [3.05, 3.63) is 35.4 Å². The second-order valence-electron chi connectivity index (χ2n) is 5.20. The van der Waals surface area contributed by atoms with E-state index in [-0.39, 0.29) is 18.6 Å². The molecule has 1 fully saturated rings. The summed E-state index contributed by atoms with van der Waals surface area (Å²) in [6, 6.07) is 9.53. The van der Waals surface area contributed by atoms with Crippen molar-refractivity contribution in [3.63, 3.8) is 0 Å². The maximum Gasteiger partial charge on any atom is 0.254 e. The highest BCUT2D eigenvalue weighted by molar-refractivity contribution is 5.94. The lowest BCUT2D eigenvalue weighted by Crippen LogP contribution is -2.44. The molecule has 0 bridgehead atoms. The minimum Gasteiger partial charge on any atom is -0.396 e. The van der Waals surface area contributed by atoms with Gasteiger partial charge in [0.1, 0.15) is 0 Å². The maximum absolute atomic E-state index is 12.6. The lowest BCUT2D eigenvalue weighted by Gasteiger charge is -2.35. The number of nitriles is 1. The molecule has 1 atom stereocenters. The van der Waals surface area contributed by atoms with Crippen molar-refractivity contribution in [1.82, 2.24) is 4.90 Å². The Labute approximate surface area is 119 Å². The van der Waals surface area contributed by atoms with Crippen LogP contribution in [0.15, 0.2) is 24.3 Å². The summed E-state index contributed by atoms with van der Waals surface area (Å²) in [5.41, 5.74) is 1.51. The number of carbonyl (C=O) groups is 1. The van der Waals surface area contributed by atoms with Gasteiger partial charge in [-0.15, -0.1) is 0 Å². The third-order valence-electron chi connectivity index (χ3n) is 3.81. The summed E-state index contributed by atoms with van der Waals surface area (Å²) in [5, 5.41) is 17.9. The van der Waals surface area contributed by atoms with Crippen LogP contribution in [0.25, 0.3) is 0 Å². The van der Waals surface area contributed by atoms with Crippen LogP contribution in [0.5, 0.6) is 0 Å². The standard InChI is InChI=1S/C16H20N2O2/c17-9-7-13-4-3-5-14(12-13)16(20)18-10-2-1-6-15(18)8-11-19/h3-5,12,15,19H,1-2,6-8,10-11H2.